The van der Waals surface area contributed by atoms with Gasteiger partial charge in [0.1, 0.15) is 6.10 Å². The summed E-state index contributed by atoms with van der Waals surface area (Å²) in [7, 11) is 0. The van der Waals surface area contributed by atoms with Crippen LogP contribution in [0.2, 0.25) is 0 Å². The molecule has 0 unspecified atom stereocenters. The second kappa shape index (κ2) is 16.4. The summed E-state index contributed by atoms with van der Waals surface area (Å²) in [5, 5.41) is 9.89. The van der Waals surface area contributed by atoms with Crippen LogP contribution in [0.3, 0.4) is 0 Å². The Morgan fingerprint density at radius 3 is 2.46 bits per heavy atom. The summed E-state index contributed by atoms with van der Waals surface area (Å²) in [6.07, 6.45) is 23.0. The van der Waals surface area contributed by atoms with Crippen LogP contribution in [0, 0.1) is 0 Å². The zero-order valence-corrected chi connectivity index (χ0v) is 17.1. The predicted molar refractivity (Wildman–Crippen MR) is 109 cm³/mol. The average Bonchev–Trinajstić information content (AvgIpc) is 3.13. The van der Waals surface area contributed by atoms with E-state index in [2.05, 4.69) is 19.1 Å². The molecule has 3 nitrogen and oxygen atoms in total. The third-order valence-corrected chi connectivity index (χ3v) is 5.32. The van der Waals surface area contributed by atoms with Crippen molar-refractivity contribution in [1.82, 2.24) is 0 Å². The number of hydrogen-bond donors (Lipinski definition) is 1. The zero-order chi connectivity index (χ0) is 18.9. The number of ether oxygens (including phenoxy) is 1. The van der Waals surface area contributed by atoms with Crippen LogP contribution in [0.5, 0.6) is 0 Å². The molecule has 0 heterocycles. The van der Waals surface area contributed by atoms with Crippen LogP contribution in [-0.2, 0) is 9.53 Å². The first kappa shape index (κ1) is 23.2. The highest BCUT2D eigenvalue weighted by Gasteiger charge is 2.18. The van der Waals surface area contributed by atoms with E-state index in [1.807, 2.05) is 0 Å². The number of hydrogen-bond acceptors (Lipinski definition) is 3. The third-order valence-electron chi connectivity index (χ3n) is 5.32. The highest BCUT2D eigenvalue weighted by molar-refractivity contribution is 5.69. The second-order valence-corrected chi connectivity index (χ2v) is 7.91. The van der Waals surface area contributed by atoms with Crippen LogP contribution in [0.15, 0.2) is 12.2 Å². The number of esters is 1. The molecule has 1 fully saturated rings. The Bertz CT molecular complexity index is 358. The van der Waals surface area contributed by atoms with Crippen molar-refractivity contribution in [1.29, 1.82) is 0 Å². The summed E-state index contributed by atoms with van der Waals surface area (Å²) >= 11 is 0. The molecule has 0 saturated heterocycles. The maximum Gasteiger partial charge on any atom is 0.306 e. The normalized spacial score (nSPS) is 16.4. The third kappa shape index (κ3) is 13.4. The number of rotatable bonds is 16. The molecule has 0 bridgehead atoms. The van der Waals surface area contributed by atoms with Crippen LogP contribution in [0.1, 0.15) is 116 Å². The lowest BCUT2D eigenvalue weighted by atomic mass is 10.1. The number of aliphatic hydroxyl groups excluding tert-OH is 1. The van der Waals surface area contributed by atoms with Crippen LogP contribution >= 0.6 is 0 Å². The van der Waals surface area contributed by atoms with E-state index >= 15 is 0 Å². The smallest absolute Gasteiger partial charge is 0.306 e. The lowest BCUT2D eigenvalue weighted by Gasteiger charge is -2.10. The lowest BCUT2D eigenvalue weighted by Crippen LogP contribution is -2.14. The van der Waals surface area contributed by atoms with E-state index in [4.69, 9.17) is 4.74 Å². The Balaban J connectivity index is 1.82. The van der Waals surface area contributed by atoms with Crippen LogP contribution < -0.4 is 0 Å². The van der Waals surface area contributed by atoms with Crippen molar-refractivity contribution in [2.75, 3.05) is 0 Å². The molecular weight excluding hydrogens is 324 g/mol. The van der Waals surface area contributed by atoms with Gasteiger partial charge in [-0.05, 0) is 57.8 Å². The molecule has 0 aromatic heterocycles. The molecule has 0 amide bonds. The molecule has 1 saturated carbocycles. The molecule has 0 radical (unpaired) electrons. The Hall–Kier alpha value is -0.830. The molecular formula is C23H42O3. The standard InChI is InChI=1S/C23H42O3/c1-2-3-4-11-16-21(24)17-12-9-7-5-6-8-10-13-20-23(25)26-22-18-14-15-19-22/h9,12,21-22,24H,2-8,10-11,13-20H2,1H3/b12-9-/t21-/m1/s1. The number of carbonyl (C=O) groups excluding carboxylic acids is 1. The Labute approximate surface area is 161 Å². The van der Waals surface area contributed by atoms with Crippen LogP contribution in [-0.4, -0.2) is 23.3 Å². The first-order valence-electron chi connectivity index (χ1n) is 11.2. The van der Waals surface area contributed by atoms with Crippen molar-refractivity contribution in [3.63, 3.8) is 0 Å². The summed E-state index contributed by atoms with van der Waals surface area (Å²) in [5.74, 6) is 0.00749. The van der Waals surface area contributed by atoms with Crippen molar-refractivity contribution < 1.29 is 14.6 Å². The van der Waals surface area contributed by atoms with Crippen LogP contribution in [0.25, 0.3) is 0 Å². The first-order chi connectivity index (χ1) is 12.7. The van der Waals surface area contributed by atoms with Crippen molar-refractivity contribution >= 4 is 5.97 Å². The minimum Gasteiger partial charge on any atom is -0.462 e. The quantitative estimate of drug-likeness (QED) is 0.193. The van der Waals surface area contributed by atoms with Crippen molar-refractivity contribution in [2.24, 2.45) is 0 Å². The Kier molecular flexibility index (Phi) is 14.6. The lowest BCUT2D eigenvalue weighted by molar-refractivity contribution is -0.148. The van der Waals surface area contributed by atoms with Gasteiger partial charge in [0.25, 0.3) is 0 Å². The number of allylic oxidation sites excluding steroid dienone is 1. The van der Waals surface area contributed by atoms with E-state index < -0.39 is 0 Å². The summed E-state index contributed by atoms with van der Waals surface area (Å²) in [6.45, 7) is 2.21. The van der Waals surface area contributed by atoms with Gasteiger partial charge in [0.15, 0.2) is 0 Å². The minimum absolute atomic E-state index is 0.00749. The van der Waals surface area contributed by atoms with Gasteiger partial charge in [-0.25, -0.2) is 0 Å². The van der Waals surface area contributed by atoms with E-state index in [0.29, 0.717) is 6.42 Å². The van der Waals surface area contributed by atoms with E-state index in [9.17, 15) is 9.90 Å². The van der Waals surface area contributed by atoms with E-state index in [1.165, 1.54) is 51.4 Å². The van der Waals surface area contributed by atoms with Gasteiger partial charge in [0.05, 0.1) is 6.10 Å². The SMILES string of the molecule is CCCCCC[C@@H](O)C/C=C\CCCCCCCC(=O)OC1CCCC1. The molecule has 1 atom stereocenters. The summed E-state index contributed by atoms with van der Waals surface area (Å²) < 4.78 is 5.47. The highest BCUT2D eigenvalue weighted by atomic mass is 16.5. The molecule has 1 aliphatic rings. The fraction of sp³-hybridized carbons (Fsp3) is 0.870. The predicted octanol–water partition coefficient (Wildman–Crippen LogP) is 6.48. The summed E-state index contributed by atoms with van der Waals surface area (Å²) in [6, 6.07) is 0. The number of unbranched alkanes of at least 4 members (excludes halogenated alkanes) is 8. The first-order valence-corrected chi connectivity index (χ1v) is 11.2. The molecule has 0 aromatic carbocycles. The van der Waals surface area contributed by atoms with Gasteiger partial charge < -0.3 is 9.84 Å². The fourth-order valence-electron chi connectivity index (χ4n) is 3.61. The molecule has 152 valence electrons. The number of aliphatic hydroxyl groups is 1. The van der Waals surface area contributed by atoms with Crippen LogP contribution in [0.4, 0.5) is 0 Å². The monoisotopic (exact) mass is 366 g/mol. The molecule has 26 heavy (non-hydrogen) atoms. The van der Waals surface area contributed by atoms with Gasteiger partial charge in [-0.3, -0.25) is 4.79 Å². The fourth-order valence-corrected chi connectivity index (χ4v) is 3.61. The van der Waals surface area contributed by atoms with Gasteiger partial charge in [-0.2, -0.15) is 0 Å². The van der Waals surface area contributed by atoms with Crippen molar-refractivity contribution in [2.45, 2.75) is 128 Å². The van der Waals surface area contributed by atoms with Crippen molar-refractivity contribution in [3.8, 4) is 0 Å². The van der Waals surface area contributed by atoms with Gasteiger partial charge in [-0.1, -0.05) is 64.0 Å². The molecule has 0 spiro atoms. The van der Waals surface area contributed by atoms with Gasteiger partial charge in [0, 0.05) is 6.42 Å². The average molecular weight is 367 g/mol. The Morgan fingerprint density at radius 1 is 1.00 bits per heavy atom. The Morgan fingerprint density at radius 2 is 1.69 bits per heavy atom. The zero-order valence-electron chi connectivity index (χ0n) is 17.1. The summed E-state index contributed by atoms with van der Waals surface area (Å²) in [5.41, 5.74) is 0. The van der Waals surface area contributed by atoms with Gasteiger partial charge >= 0.3 is 5.97 Å². The van der Waals surface area contributed by atoms with E-state index in [-0.39, 0.29) is 18.2 Å². The molecule has 1 rings (SSSR count). The maximum atomic E-state index is 11.7. The topological polar surface area (TPSA) is 46.5 Å². The molecule has 1 aliphatic carbocycles. The molecule has 0 aromatic rings. The largest absolute Gasteiger partial charge is 0.462 e. The summed E-state index contributed by atoms with van der Waals surface area (Å²) in [4.78, 5) is 11.7. The molecule has 3 heteroatoms. The molecule has 0 aliphatic heterocycles. The van der Waals surface area contributed by atoms with Gasteiger partial charge in [0.2, 0.25) is 0 Å². The van der Waals surface area contributed by atoms with Gasteiger partial charge in [-0.15, -0.1) is 0 Å². The highest BCUT2D eigenvalue weighted by Crippen LogP contribution is 2.21. The number of carbonyl (C=O) groups is 1. The minimum atomic E-state index is -0.160. The second-order valence-electron chi connectivity index (χ2n) is 7.91. The van der Waals surface area contributed by atoms with Crippen molar-refractivity contribution in [3.05, 3.63) is 12.2 Å². The van der Waals surface area contributed by atoms with E-state index in [0.717, 1.165) is 51.4 Å². The van der Waals surface area contributed by atoms with E-state index in [1.54, 1.807) is 0 Å². The molecule has 1 N–H and O–H groups in total. The maximum absolute atomic E-state index is 11.7.